The summed E-state index contributed by atoms with van der Waals surface area (Å²) < 4.78 is 5.92. The van der Waals surface area contributed by atoms with Crippen LogP contribution >= 0.6 is 0 Å². The van der Waals surface area contributed by atoms with E-state index in [2.05, 4.69) is 17.0 Å². The lowest BCUT2D eigenvalue weighted by Crippen LogP contribution is -2.37. The van der Waals surface area contributed by atoms with Crippen molar-refractivity contribution in [2.75, 3.05) is 13.2 Å². The Bertz CT molecular complexity index is 493. The molecular formula is C19H27NO2. The van der Waals surface area contributed by atoms with Gasteiger partial charge in [0.05, 0.1) is 19.3 Å². The van der Waals surface area contributed by atoms with Crippen molar-refractivity contribution in [3.05, 3.63) is 35.9 Å². The Morgan fingerprint density at radius 1 is 1.23 bits per heavy atom. The highest BCUT2D eigenvalue weighted by Gasteiger charge is 2.45. The third-order valence-corrected chi connectivity index (χ3v) is 5.36. The summed E-state index contributed by atoms with van der Waals surface area (Å²) in [5.41, 5.74) is 1.58. The molecule has 1 aliphatic heterocycles. The van der Waals surface area contributed by atoms with Crippen molar-refractivity contribution in [3.8, 4) is 0 Å². The Labute approximate surface area is 133 Å². The average molecular weight is 301 g/mol. The number of ether oxygens (including phenoxy) is 1. The minimum atomic E-state index is 0.204. The number of amides is 1. The van der Waals surface area contributed by atoms with Crippen LogP contribution in [0.15, 0.2) is 30.3 Å². The molecule has 1 saturated carbocycles. The fraction of sp³-hybridized carbons (Fsp3) is 0.632. The Kier molecular flexibility index (Phi) is 4.82. The van der Waals surface area contributed by atoms with E-state index in [1.54, 1.807) is 6.92 Å². The molecule has 1 saturated heterocycles. The molecule has 2 aliphatic rings. The summed E-state index contributed by atoms with van der Waals surface area (Å²) in [6, 6.07) is 10.5. The van der Waals surface area contributed by atoms with Crippen LogP contribution in [-0.4, -0.2) is 30.0 Å². The molecule has 1 aromatic rings. The van der Waals surface area contributed by atoms with Crippen LogP contribution in [0, 0.1) is 5.41 Å². The van der Waals surface area contributed by atoms with E-state index in [0.29, 0.717) is 18.6 Å². The summed E-state index contributed by atoms with van der Waals surface area (Å²) in [7, 11) is 0. The lowest BCUT2D eigenvalue weighted by molar-refractivity contribution is -0.131. The molecule has 0 bridgehead atoms. The molecule has 22 heavy (non-hydrogen) atoms. The minimum Gasteiger partial charge on any atom is -0.375 e. The summed E-state index contributed by atoms with van der Waals surface area (Å²) in [5, 5.41) is 0. The second-order valence-electron chi connectivity index (χ2n) is 7.07. The number of rotatable bonds is 4. The van der Waals surface area contributed by atoms with Crippen molar-refractivity contribution in [1.29, 1.82) is 0 Å². The molecule has 1 atom stereocenters. The van der Waals surface area contributed by atoms with Gasteiger partial charge in [0.25, 0.3) is 0 Å². The summed E-state index contributed by atoms with van der Waals surface area (Å²) >= 11 is 0. The van der Waals surface area contributed by atoms with E-state index in [4.69, 9.17) is 4.74 Å². The van der Waals surface area contributed by atoms with Gasteiger partial charge < -0.3 is 9.64 Å². The van der Waals surface area contributed by atoms with Gasteiger partial charge in [0.1, 0.15) is 0 Å². The molecule has 1 aromatic carbocycles. The van der Waals surface area contributed by atoms with Crippen molar-refractivity contribution < 1.29 is 9.53 Å². The van der Waals surface area contributed by atoms with Crippen LogP contribution in [0.5, 0.6) is 0 Å². The predicted octanol–water partition coefficient (Wildman–Crippen LogP) is 3.77. The van der Waals surface area contributed by atoms with Gasteiger partial charge in [-0.1, -0.05) is 49.6 Å². The Morgan fingerprint density at radius 2 is 1.95 bits per heavy atom. The molecule has 1 unspecified atom stereocenters. The first kappa shape index (κ1) is 15.5. The first-order chi connectivity index (χ1) is 10.7. The van der Waals surface area contributed by atoms with Crippen molar-refractivity contribution in [1.82, 2.24) is 4.90 Å². The molecule has 1 amide bonds. The van der Waals surface area contributed by atoms with E-state index in [1.165, 1.54) is 37.7 Å². The normalized spacial score (nSPS) is 23.9. The van der Waals surface area contributed by atoms with Crippen LogP contribution in [0.4, 0.5) is 0 Å². The fourth-order valence-corrected chi connectivity index (χ4v) is 4.23. The largest absolute Gasteiger partial charge is 0.375 e. The van der Waals surface area contributed by atoms with Crippen molar-refractivity contribution in [3.63, 3.8) is 0 Å². The molecule has 0 N–H and O–H groups in total. The minimum absolute atomic E-state index is 0.204. The Balaban J connectivity index is 1.57. The van der Waals surface area contributed by atoms with Crippen molar-refractivity contribution in [2.45, 2.75) is 58.1 Å². The van der Waals surface area contributed by atoms with Gasteiger partial charge >= 0.3 is 0 Å². The molecule has 0 radical (unpaired) electrons. The van der Waals surface area contributed by atoms with Crippen LogP contribution in [0.25, 0.3) is 0 Å². The van der Waals surface area contributed by atoms with Gasteiger partial charge in [-0.2, -0.15) is 0 Å². The Morgan fingerprint density at radius 3 is 2.64 bits per heavy atom. The summed E-state index contributed by atoms with van der Waals surface area (Å²) in [4.78, 5) is 14.1. The smallest absolute Gasteiger partial charge is 0.219 e. The van der Waals surface area contributed by atoms with E-state index in [9.17, 15) is 4.79 Å². The van der Waals surface area contributed by atoms with Gasteiger partial charge in [0.15, 0.2) is 0 Å². The molecule has 3 heteroatoms. The van der Waals surface area contributed by atoms with Gasteiger partial charge in [-0.15, -0.1) is 0 Å². The summed E-state index contributed by atoms with van der Waals surface area (Å²) in [6.07, 6.45) is 7.70. The number of hydrogen-bond acceptors (Lipinski definition) is 2. The van der Waals surface area contributed by atoms with Gasteiger partial charge in [-0.3, -0.25) is 4.79 Å². The molecule has 1 spiro atoms. The maximum absolute atomic E-state index is 12.0. The number of carbonyl (C=O) groups is 1. The number of carbonyl (C=O) groups excluding carboxylic acids is 1. The number of likely N-dealkylation sites (tertiary alicyclic amines) is 1. The molecule has 1 heterocycles. The zero-order valence-corrected chi connectivity index (χ0v) is 13.6. The van der Waals surface area contributed by atoms with E-state index in [-0.39, 0.29) is 11.9 Å². The number of nitrogens with zero attached hydrogens (tertiary/aromatic N) is 1. The van der Waals surface area contributed by atoms with Crippen molar-refractivity contribution in [2.24, 2.45) is 5.41 Å². The molecule has 2 fully saturated rings. The zero-order chi connectivity index (χ0) is 15.4. The summed E-state index contributed by atoms with van der Waals surface area (Å²) in [6.45, 7) is 3.94. The molecule has 3 nitrogen and oxygen atoms in total. The zero-order valence-electron chi connectivity index (χ0n) is 13.6. The molecule has 0 aromatic heterocycles. The third-order valence-electron chi connectivity index (χ3n) is 5.36. The monoisotopic (exact) mass is 301 g/mol. The quantitative estimate of drug-likeness (QED) is 0.847. The van der Waals surface area contributed by atoms with Gasteiger partial charge in [-0.25, -0.2) is 0 Å². The van der Waals surface area contributed by atoms with Crippen LogP contribution in [0.3, 0.4) is 0 Å². The highest BCUT2D eigenvalue weighted by atomic mass is 16.5. The van der Waals surface area contributed by atoms with Gasteiger partial charge in [-0.05, 0) is 30.2 Å². The highest BCUT2D eigenvalue weighted by Crippen LogP contribution is 2.46. The van der Waals surface area contributed by atoms with E-state index >= 15 is 0 Å². The lowest BCUT2D eigenvalue weighted by atomic mass is 9.73. The molecular weight excluding hydrogens is 274 g/mol. The molecule has 3 rings (SSSR count). The Hall–Kier alpha value is -1.35. The maximum atomic E-state index is 12.0. The molecule has 1 aliphatic carbocycles. The lowest BCUT2D eigenvalue weighted by Gasteiger charge is -2.32. The number of hydrogen-bond donors (Lipinski definition) is 0. The highest BCUT2D eigenvalue weighted by molar-refractivity contribution is 5.74. The second kappa shape index (κ2) is 6.82. The SMILES string of the molecule is CC(=O)N1CC2(CCCCC2)CC1COCc1ccccc1. The van der Waals surface area contributed by atoms with Crippen LogP contribution in [0.2, 0.25) is 0 Å². The average Bonchev–Trinajstić information content (AvgIpc) is 2.88. The predicted molar refractivity (Wildman–Crippen MR) is 87.4 cm³/mol. The number of benzene rings is 1. The maximum Gasteiger partial charge on any atom is 0.219 e. The van der Waals surface area contributed by atoms with E-state index < -0.39 is 0 Å². The standard InChI is InChI=1S/C19H27NO2/c1-16(21)20-15-19(10-6-3-7-11-19)12-18(20)14-22-13-17-8-4-2-5-9-17/h2,4-5,8-9,18H,3,6-7,10-15H2,1H3. The first-order valence-corrected chi connectivity index (χ1v) is 8.57. The van der Waals surface area contributed by atoms with Crippen LogP contribution in [0.1, 0.15) is 51.0 Å². The van der Waals surface area contributed by atoms with E-state index in [1.807, 2.05) is 18.2 Å². The molecule has 120 valence electrons. The van der Waals surface area contributed by atoms with E-state index in [0.717, 1.165) is 13.0 Å². The van der Waals surface area contributed by atoms with Gasteiger partial charge in [0.2, 0.25) is 5.91 Å². The third kappa shape index (κ3) is 3.52. The topological polar surface area (TPSA) is 29.5 Å². The van der Waals surface area contributed by atoms with Crippen LogP contribution in [-0.2, 0) is 16.1 Å². The second-order valence-corrected chi connectivity index (χ2v) is 7.07. The summed E-state index contributed by atoms with van der Waals surface area (Å²) in [5.74, 6) is 0.204. The fourth-order valence-electron chi connectivity index (χ4n) is 4.23. The van der Waals surface area contributed by atoms with Crippen LogP contribution < -0.4 is 0 Å². The first-order valence-electron chi connectivity index (χ1n) is 8.57. The van der Waals surface area contributed by atoms with Gasteiger partial charge in [0, 0.05) is 13.5 Å². The van der Waals surface area contributed by atoms with Crippen molar-refractivity contribution >= 4 is 5.91 Å².